The van der Waals surface area contributed by atoms with Gasteiger partial charge in [0.2, 0.25) is 0 Å². The third-order valence-electron chi connectivity index (χ3n) is 4.66. The number of rotatable bonds is 6. The van der Waals surface area contributed by atoms with E-state index in [1.54, 1.807) is 0 Å². The van der Waals surface area contributed by atoms with Crippen LogP contribution in [0.4, 0.5) is 0 Å². The Morgan fingerprint density at radius 1 is 1.31 bits per heavy atom. The summed E-state index contributed by atoms with van der Waals surface area (Å²) in [5.74, 6) is 6.48. The van der Waals surface area contributed by atoms with Crippen molar-refractivity contribution < 1.29 is 14.3 Å². The van der Waals surface area contributed by atoms with E-state index in [1.165, 1.54) is 0 Å². The number of likely N-dealkylation sites (tertiary alicyclic amines) is 1. The molecule has 0 bridgehead atoms. The molecule has 1 aromatic carbocycles. The van der Waals surface area contributed by atoms with Crippen molar-refractivity contribution in [2.24, 2.45) is 5.92 Å². The summed E-state index contributed by atoms with van der Waals surface area (Å²) < 4.78 is 11.3. The van der Waals surface area contributed by atoms with E-state index in [9.17, 15) is 4.79 Å². The van der Waals surface area contributed by atoms with Crippen LogP contribution < -0.4 is 0 Å². The first-order valence-electron chi connectivity index (χ1n) is 9.19. The van der Waals surface area contributed by atoms with Gasteiger partial charge in [-0.2, -0.15) is 0 Å². The molecule has 1 aliphatic rings. The Morgan fingerprint density at radius 3 is 2.65 bits per heavy atom. The average Bonchev–Trinajstić information content (AvgIpc) is 2.63. The van der Waals surface area contributed by atoms with Gasteiger partial charge in [-0.15, -0.1) is 12.4 Å². The largest absolute Gasteiger partial charge is 0.445 e. The predicted octanol–water partition coefficient (Wildman–Crippen LogP) is 3.53. The molecule has 144 valence electrons. The fourth-order valence-electron chi connectivity index (χ4n) is 3.08. The fourth-order valence-corrected chi connectivity index (χ4v) is 3.08. The van der Waals surface area contributed by atoms with Crippen LogP contribution in [0.1, 0.15) is 39.2 Å². The number of halogens is 1. The highest BCUT2D eigenvalue weighted by Gasteiger charge is 2.42. The maximum absolute atomic E-state index is 12.0. The summed E-state index contributed by atoms with van der Waals surface area (Å²) in [5.41, 5.74) is 0.241. The highest BCUT2D eigenvalue weighted by Crippen LogP contribution is 2.32. The lowest BCUT2D eigenvalue weighted by Gasteiger charge is -2.42. The summed E-state index contributed by atoms with van der Waals surface area (Å²) in [4.78, 5) is 14.4. The molecule has 0 saturated carbocycles. The Labute approximate surface area is 163 Å². The molecule has 0 aliphatic carbocycles. The number of carbonyl (C=O) groups excluding carboxylic acids is 1. The van der Waals surface area contributed by atoms with Crippen molar-refractivity contribution in [3.05, 3.63) is 35.9 Å². The van der Waals surface area contributed by atoms with E-state index < -0.39 is 5.60 Å². The summed E-state index contributed by atoms with van der Waals surface area (Å²) in [6.07, 6.45) is 1.10. The SMILES string of the molecule is CCOCCN1CC[C@](C#Cc2ccccc2)(OC(=O)CC)[C@@H](C)C1.Cl. The lowest BCUT2D eigenvalue weighted by atomic mass is 9.82. The molecule has 0 spiro atoms. The summed E-state index contributed by atoms with van der Waals surface area (Å²) in [5, 5.41) is 0. The van der Waals surface area contributed by atoms with E-state index in [1.807, 2.05) is 44.2 Å². The van der Waals surface area contributed by atoms with Crippen LogP contribution in [0.3, 0.4) is 0 Å². The van der Waals surface area contributed by atoms with Gasteiger partial charge >= 0.3 is 5.97 Å². The molecule has 0 aromatic heterocycles. The summed E-state index contributed by atoms with van der Waals surface area (Å²) in [6.45, 7) is 10.0. The van der Waals surface area contributed by atoms with Crippen LogP contribution in [0.15, 0.2) is 30.3 Å². The number of piperidine rings is 1. The molecular formula is C21H30ClNO3. The Morgan fingerprint density at radius 2 is 2.04 bits per heavy atom. The minimum atomic E-state index is -0.703. The van der Waals surface area contributed by atoms with Crippen molar-refractivity contribution in [1.82, 2.24) is 4.90 Å². The number of nitrogens with zero attached hydrogens (tertiary/aromatic N) is 1. The van der Waals surface area contributed by atoms with E-state index in [0.717, 1.165) is 44.8 Å². The van der Waals surface area contributed by atoms with Crippen LogP contribution in [0.5, 0.6) is 0 Å². The van der Waals surface area contributed by atoms with Gasteiger partial charge in [0.1, 0.15) is 0 Å². The van der Waals surface area contributed by atoms with Gasteiger partial charge in [-0.05, 0) is 25.0 Å². The van der Waals surface area contributed by atoms with Crippen LogP contribution in [-0.2, 0) is 14.3 Å². The standard InChI is InChI=1S/C21H29NO3.ClH/c1-4-20(23)25-21(12-11-19-9-7-6-8-10-19)13-14-22(17-18(21)3)15-16-24-5-2;/h6-10,18H,4-5,13-17H2,1-3H3;1H/t18-,21-;/m0./s1. The van der Waals surface area contributed by atoms with E-state index >= 15 is 0 Å². The van der Waals surface area contributed by atoms with Gasteiger partial charge in [-0.25, -0.2) is 0 Å². The zero-order chi connectivity index (χ0) is 18.1. The van der Waals surface area contributed by atoms with E-state index in [-0.39, 0.29) is 24.3 Å². The highest BCUT2D eigenvalue weighted by atomic mass is 35.5. The molecule has 2 rings (SSSR count). The third-order valence-corrected chi connectivity index (χ3v) is 4.66. The lowest BCUT2D eigenvalue weighted by molar-refractivity contribution is -0.162. The maximum atomic E-state index is 12.0. The van der Waals surface area contributed by atoms with Gasteiger partial charge < -0.3 is 14.4 Å². The van der Waals surface area contributed by atoms with Gasteiger partial charge in [-0.1, -0.05) is 38.0 Å². The Hall–Kier alpha value is -1.54. The zero-order valence-corrected chi connectivity index (χ0v) is 16.8. The number of esters is 1. The van der Waals surface area contributed by atoms with Crippen LogP contribution >= 0.6 is 12.4 Å². The molecule has 2 atom stereocenters. The molecule has 4 nitrogen and oxygen atoms in total. The van der Waals surface area contributed by atoms with E-state index in [0.29, 0.717) is 6.42 Å². The van der Waals surface area contributed by atoms with Crippen molar-refractivity contribution in [3.63, 3.8) is 0 Å². The number of carbonyl (C=O) groups is 1. The van der Waals surface area contributed by atoms with Crippen molar-refractivity contribution in [2.45, 2.75) is 39.2 Å². The average molecular weight is 380 g/mol. The smallest absolute Gasteiger partial charge is 0.307 e. The lowest BCUT2D eigenvalue weighted by Crippen LogP contribution is -2.53. The first-order valence-corrected chi connectivity index (χ1v) is 9.19. The van der Waals surface area contributed by atoms with E-state index in [4.69, 9.17) is 9.47 Å². The highest BCUT2D eigenvalue weighted by molar-refractivity contribution is 5.85. The van der Waals surface area contributed by atoms with Crippen molar-refractivity contribution in [2.75, 3.05) is 32.8 Å². The number of hydrogen-bond acceptors (Lipinski definition) is 4. The predicted molar refractivity (Wildman–Crippen MR) is 106 cm³/mol. The zero-order valence-electron chi connectivity index (χ0n) is 16.0. The van der Waals surface area contributed by atoms with Crippen molar-refractivity contribution >= 4 is 18.4 Å². The van der Waals surface area contributed by atoms with Crippen LogP contribution in [0.25, 0.3) is 0 Å². The van der Waals surface area contributed by atoms with Crippen LogP contribution in [-0.4, -0.2) is 49.3 Å². The van der Waals surface area contributed by atoms with Gasteiger partial charge in [0.25, 0.3) is 0 Å². The molecule has 0 unspecified atom stereocenters. The second kappa shape index (κ2) is 11.2. The van der Waals surface area contributed by atoms with Gasteiger partial charge in [-0.3, -0.25) is 4.79 Å². The van der Waals surface area contributed by atoms with Crippen molar-refractivity contribution in [1.29, 1.82) is 0 Å². The normalized spacial score (nSPS) is 22.7. The molecule has 0 amide bonds. The molecule has 5 heteroatoms. The topological polar surface area (TPSA) is 38.8 Å². The Balaban J connectivity index is 0.00000338. The third kappa shape index (κ3) is 6.32. The van der Waals surface area contributed by atoms with E-state index in [2.05, 4.69) is 23.7 Å². The number of hydrogen-bond donors (Lipinski definition) is 0. The monoisotopic (exact) mass is 379 g/mol. The fraction of sp³-hybridized carbons (Fsp3) is 0.571. The second-order valence-corrected chi connectivity index (χ2v) is 6.48. The number of benzene rings is 1. The molecule has 0 radical (unpaired) electrons. The van der Waals surface area contributed by atoms with Gasteiger partial charge in [0, 0.05) is 50.6 Å². The van der Waals surface area contributed by atoms with Gasteiger partial charge in [0.15, 0.2) is 5.60 Å². The molecule has 1 fully saturated rings. The minimum Gasteiger partial charge on any atom is -0.445 e. The summed E-state index contributed by atoms with van der Waals surface area (Å²) in [7, 11) is 0. The first kappa shape index (κ1) is 22.5. The van der Waals surface area contributed by atoms with Crippen LogP contribution in [0, 0.1) is 17.8 Å². The molecule has 1 aromatic rings. The molecular weight excluding hydrogens is 350 g/mol. The Bertz CT molecular complexity index is 611. The molecule has 1 aliphatic heterocycles. The maximum Gasteiger partial charge on any atom is 0.307 e. The quantitative estimate of drug-likeness (QED) is 0.430. The molecule has 0 N–H and O–H groups in total. The Kier molecular flexibility index (Phi) is 9.72. The first-order chi connectivity index (χ1) is 12.1. The second-order valence-electron chi connectivity index (χ2n) is 6.48. The molecule has 26 heavy (non-hydrogen) atoms. The van der Waals surface area contributed by atoms with Crippen LogP contribution in [0.2, 0.25) is 0 Å². The molecule has 1 saturated heterocycles. The summed E-state index contributed by atoms with van der Waals surface area (Å²) in [6, 6.07) is 9.86. The van der Waals surface area contributed by atoms with Gasteiger partial charge in [0.05, 0.1) is 6.61 Å². The van der Waals surface area contributed by atoms with Crippen molar-refractivity contribution in [3.8, 4) is 11.8 Å². The number of ether oxygens (including phenoxy) is 2. The minimum absolute atomic E-state index is 0. The summed E-state index contributed by atoms with van der Waals surface area (Å²) >= 11 is 0. The molecule has 1 heterocycles.